The van der Waals surface area contributed by atoms with E-state index < -0.39 is 0 Å². The Morgan fingerprint density at radius 2 is 2.00 bits per heavy atom. The van der Waals surface area contributed by atoms with Gasteiger partial charge in [-0.25, -0.2) is 0 Å². The Bertz CT molecular complexity index is 167. The topological polar surface area (TPSA) is 18.5 Å². The third-order valence-electron chi connectivity index (χ3n) is 3.32. The van der Waals surface area contributed by atoms with Crippen molar-refractivity contribution in [1.82, 2.24) is 15.1 Å². The van der Waals surface area contributed by atoms with E-state index in [1.54, 1.807) is 0 Å². The van der Waals surface area contributed by atoms with Crippen molar-refractivity contribution in [3.63, 3.8) is 0 Å². The lowest BCUT2D eigenvalue weighted by molar-refractivity contribution is 0.242. The van der Waals surface area contributed by atoms with Gasteiger partial charge in [0.2, 0.25) is 0 Å². The minimum Gasteiger partial charge on any atom is -0.313 e. The molecule has 0 bridgehead atoms. The molecule has 0 saturated carbocycles. The van der Waals surface area contributed by atoms with Crippen molar-refractivity contribution in [1.29, 1.82) is 0 Å². The maximum atomic E-state index is 3.54. The summed E-state index contributed by atoms with van der Waals surface area (Å²) < 4.78 is 0. The molecule has 1 aliphatic rings. The highest BCUT2D eigenvalue weighted by atomic mass is 15.2. The maximum absolute atomic E-state index is 3.54. The van der Waals surface area contributed by atoms with Gasteiger partial charge in [-0.1, -0.05) is 6.92 Å². The van der Waals surface area contributed by atoms with Crippen molar-refractivity contribution in [2.24, 2.45) is 0 Å². The van der Waals surface area contributed by atoms with Gasteiger partial charge in [-0.05, 0) is 52.9 Å². The van der Waals surface area contributed by atoms with Gasteiger partial charge in [0.05, 0.1) is 0 Å². The molecular formula is C13H29N3. The molecule has 0 aromatic heterocycles. The molecule has 0 radical (unpaired) electrons. The number of hydrogen-bond donors (Lipinski definition) is 1. The predicted molar refractivity (Wildman–Crippen MR) is 70.9 cm³/mol. The molecule has 3 heteroatoms. The Labute approximate surface area is 101 Å². The van der Waals surface area contributed by atoms with Crippen LogP contribution in [0.15, 0.2) is 0 Å². The van der Waals surface area contributed by atoms with Crippen LogP contribution in [0.3, 0.4) is 0 Å². The summed E-state index contributed by atoms with van der Waals surface area (Å²) in [5.41, 5.74) is 0. The summed E-state index contributed by atoms with van der Waals surface area (Å²) in [5, 5.41) is 3.54. The highest BCUT2D eigenvalue weighted by molar-refractivity contribution is 4.70. The van der Waals surface area contributed by atoms with Crippen LogP contribution in [0.25, 0.3) is 0 Å². The third kappa shape index (κ3) is 5.83. The molecule has 0 aromatic rings. The van der Waals surface area contributed by atoms with Crippen LogP contribution in [0.5, 0.6) is 0 Å². The number of rotatable bonds is 8. The Balaban J connectivity index is 2.02. The molecule has 1 saturated heterocycles. The van der Waals surface area contributed by atoms with Crippen LogP contribution >= 0.6 is 0 Å². The van der Waals surface area contributed by atoms with E-state index in [2.05, 4.69) is 36.0 Å². The van der Waals surface area contributed by atoms with E-state index in [4.69, 9.17) is 0 Å². The fraction of sp³-hybridized carbons (Fsp3) is 1.00. The molecule has 3 nitrogen and oxygen atoms in total. The molecule has 1 aliphatic heterocycles. The quantitative estimate of drug-likeness (QED) is 0.676. The Kier molecular flexibility index (Phi) is 7.01. The summed E-state index contributed by atoms with van der Waals surface area (Å²) in [5.74, 6) is 0. The third-order valence-corrected chi connectivity index (χ3v) is 3.32. The van der Waals surface area contributed by atoms with Gasteiger partial charge in [-0.15, -0.1) is 0 Å². The first-order chi connectivity index (χ1) is 7.72. The molecule has 96 valence electrons. The zero-order chi connectivity index (χ0) is 11.8. The fourth-order valence-corrected chi connectivity index (χ4v) is 2.33. The van der Waals surface area contributed by atoms with E-state index >= 15 is 0 Å². The van der Waals surface area contributed by atoms with E-state index in [0.29, 0.717) is 6.04 Å². The van der Waals surface area contributed by atoms with Crippen molar-refractivity contribution in [3.8, 4) is 0 Å². The van der Waals surface area contributed by atoms with Gasteiger partial charge >= 0.3 is 0 Å². The largest absolute Gasteiger partial charge is 0.313 e. The SMILES string of the molecule is CCCNC(C)CN(C)CCN1CCCC1. The lowest BCUT2D eigenvalue weighted by atomic mass is 10.3. The van der Waals surface area contributed by atoms with Gasteiger partial charge in [0.15, 0.2) is 0 Å². The molecule has 1 unspecified atom stereocenters. The van der Waals surface area contributed by atoms with Crippen LogP contribution in [-0.4, -0.2) is 62.2 Å². The van der Waals surface area contributed by atoms with E-state index in [9.17, 15) is 0 Å². The molecule has 0 spiro atoms. The van der Waals surface area contributed by atoms with Crippen LogP contribution in [-0.2, 0) is 0 Å². The number of hydrogen-bond acceptors (Lipinski definition) is 3. The molecular weight excluding hydrogens is 198 g/mol. The summed E-state index contributed by atoms with van der Waals surface area (Å²) in [6, 6.07) is 0.614. The number of likely N-dealkylation sites (N-methyl/N-ethyl adjacent to an activating group) is 1. The minimum atomic E-state index is 0.614. The highest BCUT2D eigenvalue weighted by Gasteiger charge is 2.12. The molecule has 16 heavy (non-hydrogen) atoms. The second-order valence-corrected chi connectivity index (χ2v) is 5.17. The average Bonchev–Trinajstić information content (AvgIpc) is 2.76. The second-order valence-electron chi connectivity index (χ2n) is 5.17. The molecule has 0 amide bonds. The van der Waals surface area contributed by atoms with E-state index in [1.807, 2.05) is 0 Å². The van der Waals surface area contributed by atoms with Crippen molar-refractivity contribution < 1.29 is 0 Å². The van der Waals surface area contributed by atoms with Crippen LogP contribution in [0, 0.1) is 0 Å². The van der Waals surface area contributed by atoms with Crippen molar-refractivity contribution in [2.75, 3.05) is 46.3 Å². The van der Waals surface area contributed by atoms with Crippen molar-refractivity contribution in [3.05, 3.63) is 0 Å². The number of likely N-dealkylation sites (tertiary alicyclic amines) is 1. The van der Waals surface area contributed by atoms with Crippen LogP contribution in [0.2, 0.25) is 0 Å². The zero-order valence-corrected chi connectivity index (χ0v) is 11.3. The highest BCUT2D eigenvalue weighted by Crippen LogP contribution is 2.06. The van der Waals surface area contributed by atoms with E-state index in [0.717, 1.165) is 13.1 Å². The second kappa shape index (κ2) is 8.04. The molecule has 1 heterocycles. The van der Waals surface area contributed by atoms with Gasteiger partial charge in [0.25, 0.3) is 0 Å². The summed E-state index contributed by atoms with van der Waals surface area (Å²) in [7, 11) is 2.24. The summed E-state index contributed by atoms with van der Waals surface area (Å²) in [6.07, 6.45) is 4.03. The van der Waals surface area contributed by atoms with Crippen molar-refractivity contribution >= 4 is 0 Å². The normalized spacial score (nSPS) is 19.5. The Morgan fingerprint density at radius 3 is 2.62 bits per heavy atom. The van der Waals surface area contributed by atoms with Gasteiger partial charge in [0.1, 0.15) is 0 Å². The average molecular weight is 227 g/mol. The molecule has 1 N–H and O–H groups in total. The first kappa shape index (κ1) is 13.9. The van der Waals surface area contributed by atoms with Gasteiger partial charge in [-0.2, -0.15) is 0 Å². The lowest BCUT2D eigenvalue weighted by Gasteiger charge is -2.24. The van der Waals surface area contributed by atoms with E-state index in [-0.39, 0.29) is 0 Å². The van der Waals surface area contributed by atoms with Crippen molar-refractivity contribution in [2.45, 2.75) is 39.2 Å². The first-order valence-corrected chi connectivity index (χ1v) is 6.86. The van der Waals surface area contributed by atoms with Gasteiger partial charge in [-0.3, -0.25) is 0 Å². The summed E-state index contributed by atoms with van der Waals surface area (Å²) in [6.45, 7) is 11.9. The smallest absolute Gasteiger partial charge is 0.0166 e. The van der Waals surface area contributed by atoms with Crippen LogP contribution in [0.1, 0.15) is 33.1 Å². The molecule has 1 fully saturated rings. The summed E-state index contributed by atoms with van der Waals surface area (Å²) in [4.78, 5) is 5.03. The predicted octanol–water partition coefficient (Wildman–Crippen LogP) is 1.40. The number of nitrogens with one attached hydrogen (secondary N) is 1. The van der Waals surface area contributed by atoms with Gasteiger partial charge < -0.3 is 15.1 Å². The lowest BCUT2D eigenvalue weighted by Crippen LogP contribution is -2.40. The minimum absolute atomic E-state index is 0.614. The van der Waals surface area contributed by atoms with Crippen LogP contribution < -0.4 is 5.32 Å². The molecule has 0 aliphatic carbocycles. The maximum Gasteiger partial charge on any atom is 0.0166 e. The zero-order valence-electron chi connectivity index (χ0n) is 11.3. The monoisotopic (exact) mass is 227 g/mol. The van der Waals surface area contributed by atoms with Crippen LogP contribution in [0.4, 0.5) is 0 Å². The molecule has 1 rings (SSSR count). The molecule has 1 atom stereocenters. The first-order valence-electron chi connectivity index (χ1n) is 6.86. The standard InChI is InChI=1S/C13H29N3/c1-4-7-14-13(2)12-15(3)10-11-16-8-5-6-9-16/h13-14H,4-12H2,1-3H3. The fourth-order valence-electron chi connectivity index (χ4n) is 2.33. The Morgan fingerprint density at radius 1 is 1.31 bits per heavy atom. The molecule has 0 aromatic carbocycles. The number of nitrogens with zero attached hydrogens (tertiary/aromatic N) is 2. The summed E-state index contributed by atoms with van der Waals surface area (Å²) >= 11 is 0. The Hall–Kier alpha value is -0.120. The van der Waals surface area contributed by atoms with Gasteiger partial charge in [0, 0.05) is 25.7 Å². The van der Waals surface area contributed by atoms with E-state index in [1.165, 1.54) is 45.4 Å².